The van der Waals surface area contributed by atoms with Gasteiger partial charge in [-0.2, -0.15) is 0 Å². The maximum absolute atomic E-state index is 12.2. The predicted molar refractivity (Wildman–Crippen MR) is 107 cm³/mol. The Hall–Kier alpha value is -2.64. The van der Waals surface area contributed by atoms with Crippen molar-refractivity contribution in [1.82, 2.24) is 15.8 Å². The van der Waals surface area contributed by atoms with Crippen LogP contribution in [0.4, 0.5) is 0 Å². The van der Waals surface area contributed by atoms with Gasteiger partial charge >= 0.3 is 0 Å². The summed E-state index contributed by atoms with van der Waals surface area (Å²) in [5.41, 5.74) is 5.96. The smallest absolute Gasteiger partial charge is 0.286 e. The number of hydrogen-bond donors (Lipinski definition) is 3. The first-order valence-electron chi connectivity index (χ1n) is 8.28. The number of aromatic nitrogens is 1. The van der Waals surface area contributed by atoms with Crippen LogP contribution in [0.15, 0.2) is 53.4 Å². The number of hydrogen-bond acceptors (Lipinski definition) is 4. The van der Waals surface area contributed by atoms with E-state index in [1.54, 1.807) is 18.2 Å². The molecule has 0 atom stereocenters. The molecule has 140 valence electrons. The molecule has 0 unspecified atom stereocenters. The van der Waals surface area contributed by atoms with E-state index in [1.807, 2.05) is 37.3 Å². The van der Waals surface area contributed by atoms with E-state index in [9.17, 15) is 9.59 Å². The molecule has 0 fully saturated rings. The van der Waals surface area contributed by atoms with Crippen molar-refractivity contribution in [2.45, 2.75) is 11.8 Å². The van der Waals surface area contributed by atoms with Crippen LogP contribution in [0.3, 0.4) is 0 Å². The van der Waals surface area contributed by atoms with Gasteiger partial charge in [0.15, 0.2) is 0 Å². The lowest BCUT2D eigenvalue weighted by atomic mass is 10.2. The second-order valence-corrected chi connectivity index (χ2v) is 7.10. The van der Waals surface area contributed by atoms with Gasteiger partial charge in [0.1, 0.15) is 11.4 Å². The van der Waals surface area contributed by atoms with Crippen molar-refractivity contribution in [2.75, 3.05) is 12.4 Å². The number of H-pyrrole nitrogens is 1. The molecule has 0 spiro atoms. The van der Waals surface area contributed by atoms with Crippen molar-refractivity contribution in [3.63, 3.8) is 0 Å². The standard InChI is InChI=1S/C19H18ClN3O3S/c1-2-26-14-6-3-12-9-17(21-16(12)10-14)19(25)23-22-18(24)11-27-15-7-4-13(20)5-8-15/h3-10,21H,2,11H2,1H3,(H,22,24)(H,23,25). The third-order valence-electron chi connectivity index (χ3n) is 3.65. The molecule has 2 aromatic carbocycles. The third kappa shape index (κ3) is 5.18. The lowest BCUT2D eigenvalue weighted by Gasteiger charge is -2.06. The predicted octanol–water partition coefficient (Wildman–Crippen LogP) is 3.77. The summed E-state index contributed by atoms with van der Waals surface area (Å²) in [7, 11) is 0. The van der Waals surface area contributed by atoms with Gasteiger partial charge in [-0.1, -0.05) is 11.6 Å². The third-order valence-corrected chi connectivity index (χ3v) is 4.91. The van der Waals surface area contributed by atoms with E-state index in [2.05, 4.69) is 15.8 Å². The van der Waals surface area contributed by atoms with Crippen molar-refractivity contribution in [1.29, 1.82) is 0 Å². The second-order valence-electron chi connectivity index (χ2n) is 5.61. The number of nitrogens with one attached hydrogen (secondary N) is 3. The Morgan fingerprint density at radius 1 is 1.11 bits per heavy atom. The van der Waals surface area contributed by atoms with Gasteiger partial charge in [0.05, 0.1) is 12.4 Å². The molecule has 3 aromatic rings. The van der Waals surface area contributed by atoms with E-state index >= 15 is 0 Å². The average Bonchev–Trinajstić information content (AvgIpc) is 3.09. The molecule has 0 radical (unpaired) electrons. The highest BCUT2D eigenvalue weighted by Crippen LogP contribution is 2.22. The lowest BCUT2D eigenvalue weighted by Crippen LogP contribution is -2.42. The largest absolute Gasteiger partial charge is 0.494 e. The Bertz CT molecular complexity index is 956. The molecule has 0 saturated carbocycles. The second kappa shape index (κ2) is 8.83. The molecular weight excluding hydrogens is 386 g/mol. The molecule has 0 bridgehead atoms. The summed E-state index contributed by atoms with van der Waals surface area (Å²) in [5.74, 6) is 0.171. The summed E-state index contributed by atoms with van der Waals surface area (Å²) in [6.45, 7) is 2.48. The molecule has 1 heterocycles. The minimum absolute atomic E-state index is 0.173. The maximum Gasteiger partial charge on any atom is 0.286 e. The summed E-state index contributed by atoms with van der Waals surface area (Å²) in [5, 5.41) is 1.52. The van der Waals surface area contributed by atoms with Crippen molar-refractivity contribution in [3.8, 4) is 5.75 Å². The molecule has 0 aliphatic rings. The van der Waals surface area contributed by atoms with Crippen molar-refractivity contribution < 1.29 is 14.3 Å². The zero-order chi connectivity index (χ0) is 19.2. The highest BCUT2D eigenvalue weighted by molar-refractivity contribution is 8.00. The van der Waals surface area contributed by atoms with Gasteiger partial charge in [0, 0.05) is 26.9 Å². The van der Waals surface area contributed by atoms with E-state index < -0.39 is 5.91 Å². The van der Waals surface area contributed by atoms with Crippen LogP contribution < -0.4 is 15.6 Å². The van der Waals surface area contributed by atoms with E-state index in [0.29, 0.717) is 17.3 Å². The summed E-state index contributed by atoms with van der Waals surface area (Å²) in [4.78, 5) is 28.1. The summed E-state index contributed by atoms with van der Waals surface area (Å²) in [6, 6.07) is 14.4. The zero-order valence-corrected chi connectivity index (χ0v) is 16.1. The SMILES string of the molecule is CCOc1ccc2cc(C(=O)NNC(=O)CSc3ccc(Cl)cc3)[nH]c2c1. The monoisotopic (exact) mass is 403 g/mol. The van der Waals surface area contributed by atoms with E-state index in [-0.39, 0.29) is 11.7 Å². The minimum Gasteiger partial charge on any atom is -0.494 e. The molecule has 2 amide bonds. The quantitative estimate of drug-likeness (QED) is 0.432. The van der Waals surface area contributed by atoms with Gasteiger partial charge in [0.25, 0.3) is 5.91 Å². The number of carbonyl (C=O) groups is 2. The van der Waals surface area contributed by atoms with Crippen molar-refractivity contribution >= 4 is 46.1 Å². The molecule has 0 aliphatic carbocycles. The number of fused-ring (bicyclic) bond motifs is 1. The molecule has 3 rings (SSSR count). The Kier molecular flexibility index (Phi) is 6.26. The molecule has 1 aromatic heterocycles. The number of halogens is 1. The highest BCUT2D eigenvalue weighted by Gasteiger charge is 2.11. The summed E-state index contributed by atoms with van der Waals surface area (Å²) < 4.78 is 5.45. The molecule has 27 heavy (non-hydrogen) atoms. The topological polar surface area (TPSA) is 83.2 Å². The molecule has 0 saturated heterocycles. The van der Waals surface area contributed by atoms with Gasteiger partial charge < -0.3 is 9.72 Å². The highest BCUT2D eigenvalue weighted by atomic mass is 35.5. The van der Waals surface area contributed by atoms with Gasteiger partial charge in [0.2, 0.25) is 5.91 Å². The number of rotatable bonds is 6. The number of ether oxygens (including phenoxy) is 1. The summed E-state index contributed by atoms with van der Waals surface area (Å²) >= 11 is 7.18. The van der Waals surface area contributed by atoms with Crippen LogP contribution in [0.5, 0.6) is 5.75 Å². The molecule has 8 heteroatoms. The fourth-order valence-electron chi connectivity index (χ4n) is 2.39. The summed E-state index contributed by atoms with van der Waals surface area (Å²) in [6.07, 6.45) is 0. The minimum atomic E-state index is -0.422. The van der Waals surface area contributed by atoms with Crippen molar-refractivity contribution in [3.05, 3.63) is 59.2 Å². The van der Waals surface area contributed by atoms with Crippen LogP contribution in [-0.4, -0.2) is 29.2 Å². The van der Waals surface area contributed by atoms with Gasteiger partial charge in [-0.25, -0.2) is 0 Å². The number of amides is 2. The molecule has 3 N–H and O–H groups in total. The first-order chi connectivity index (χ1) is 13.0. The Labute approximate surface area is 165 Å². The van der Waals surface area contributed by atoms with E-state index in [4.69, 9.17) is 16.3 Å². The van der Waals surface area contributed by atoms with Crippen LogP contribution in [0.1, 0.15) is 17.4 Å². The Morgan fingerprint density at radius 2 is 1.89 bits per heavy atom. The fourth-order valence-corrected chi connectivity index (χ4v) is 3.22. The number of thioether (sulfide) groups is 1. The Morgan fingerprint density at radius 3 is 2.63 bits per heavy atom. The first kappa shape index (κ1) is 19.1. The van der Waals surface area contributed by atoms with Gasteiger partial charge in [-0.3, -0.25) is 20.4 Å². The number of carbonyl (C=O) groups excluding carboxylic acids is 2. The normalized spacial score (nSPS) is 10.6. The lowest BCUT2D eigenvalue weighted by molar-refractivity contribution is -0.119. The average molecular weight is 404 g/mol. The van der Waals surface area contributed by atoms with Crippen molar-refractivity contribution in [2.24, 2.45) is 0 Å². The van der Waals surface area contributed by atoms with Crippen LogP contribution in [0.2, 0.25) is 5.02 Å². The number of benzene rings is 2. The first-order valence-corrected chi connectivity index (χ1v) is 9.64. The van der Waals surface area contributed by atoms with E-state index in [1.165, 1.54) is 11.8 Å². The maximum atomic E-state index is 12.2. The fraction of sp³-hybridized carbons (Fsp3) is 0.158. The van der Waals surface area contributed by atoms with E-state index in [0.717, 1.165) is 21.5 Å². The Balaban J connectivity index is 1.53. The van der Waals surface area contributed by atoms with Crippen LogP contribution in [0, 0.1) is 0 Å². The molecular formula is C19H18ClN3O3S. The molecule has 6 nitrogen and oxygen atoms in total. The van der Waals surface area contributed by atoms with Crippen LogP contribution >= 0.6 is 23.4 Å². The van der Waals surface area contributed by atoms with Crippen LogP contribution in [-0.2, 0) is 4.79 Å². The van der Waals surface area contributed by atoms with Gasteiger partial charge in [-0.05, 0) is 49.4 Å². The molecule has 0 aliphatic heterocycles. The zero-order valence-electron chi connectivity index (χ0n) is 14.5. The van der Waals surface area contributed by atoms with Gasteiger partial charge in [-0.15, -0.1) is 11.8 Å². The number of aromatic amines is 1. The van der Waals surface area contributed by atoms with Crippen LogP contribution in [0.25, 0.3) is 10.9 Å². The number of hydrazine groups is 1.